The average Bonchev–Trinajstić information content (AvgIpc) is 3.40. The molecule has 0 aromatic heterocycles. The van der Waals surface area contributed by atoms with E-state index in [9.17, 15) is 46.1 Å². The van der Waals surface area contributed by atoms with Crippen LogP contribution in [0.1, 0.15) is 74.6 Å². The Balaban J connectivity index is 1.31. The fraction of sp³-hybridized carbons (Fsp3) is 0.438. The number of hydrogen-bond donors (Lipinski definition) is 2. The highest BCUT2D eigenvalue weighted by Crippen LogP contribution is 2.43. The zero-order valence-corrected chi connectivity index (χ0v) is 24.0. The maximum absolute atomic E-state index is 13.3. The standard InChI is InChI=1S/C32H32F6N2O4/c1-3-23-25(17-5-9-19(10-6-17)31(33,34)35)27(41)29(43)39(23)21-13-15-22(16-14-21)40-24(4-2)26(28(42)30(40)44)18-7-11-20(12-8-18)32(36,37)38/h5-12,21-24,41-42H,3-4,13-16H2,1-2H3. The first-order valence-corrected chi connectivity index (χ1v) is 14.6. The molecular weight excluding hydrogens is 590 g/mol. The lowest BCUT2D eigenvalue weighted by Crippen LogP contribution is -2.50. The first kappa shape index (κ1) is 31.5. The summed E-state index contributed by atoms with van der Waals surface area (Å²) in [5.74, 6) is -2.17. The maximum atomic E-state index is 13.3. The van der Waals surface area contributed by atoms with Crippen molar-refractivity contribution in [3.8, 4) is 0 Å². The molecule has 0 radical (unpaired) electrons. The van der Waals surface area contributed by atoms with Crippen LogP contribution in [0.3, 0.4) is 0 Å². The second-order valence-corrected chi connectivity index (χ2v) is 11.4. The number of rotatable bonds is 6. The lowest BCUT2D eigenvalue weighted by molar-refractivity contribution is -0.138. The fourth-order valence-corrected chi connectivity index (χ4v) is 6.94. The van der Waals surface area contributed by atoms with Crippen LogP contribution >= 0.6 is 0 Å². The highest BCUT2D eigenvalue weighted by molar-refractivity contribution is 6.06. The Bertz CT molecular complexity index is 1370. The monoisotopic (exact) mass is 622 g/mol. The molecule has 2 aromatic carbocycles. The van der Waals surface area contributed by atoms with Gasteiger partial charge in [-0.15, -0.1) is 0 Å². The van der Waals surface area contributed by atoms with E-state index in [2.05, 4.69) is 0 Å². The highest BCUT2D eigenvalue weighted by atomic mass is 19.4. The van der Waals surface area contributed by atoms with E-state index in [1.807, 2.05) is 13.8 Å². The van der Waals surface area contributed by atoms with Crippen molar-refractivity contribution in [3.05, 3.63) is 82.3 Å². The molecule has 236 valence electrons. The Morgan fingerprint density at radius 3 is 1.16 bits per heavy atom. The summed E-state index contributed by atoms with van der Waals surface area (Å²) < 4.78 is 78.5. The predicted molar refractivity (Wildman–Crippen MR) is 150 cm³/mol. The first-order valence-electron chi connectivity index (χ1n) is 14.6. The number of benzene rings is 2. The summed E-state index contributed by atoms with van der Waals surface area (Å²) in [6.07, 6.45) is -6.32. The SMILES string of the molecule is CCC1C(c2ccc(C(F)(F)F)cc2)=C(O)C(=O)N1C1CCC(N2C(=O)C(O)=C(c3ccc(C(F)(F)F)cc3)C2CC)CC1. The van der Waals surface area contributed by atoms with Crippen LogP contribution < -0.4 is 0 Å². The molecule has 6 nitrogen and oxygen atoms in total. The van der Waals surface area contributed by atoms with Gasteiger partial charge < -0.3 is 20.0 Å². The molecule has 2 heterocycles. The van der Waals surface area contributed by atoms with Gasteiger partial charge in [-0.25, -0.2) is 0 Å². The number of halogens is 6. The van der Waals surface area contributed by atoms with Gasteiger partial charge in [0.15, 0.2) is 11.5 Å². The van der Waals surface area contributed by atoms with Crippen molar-refractivity contribution in [3.63, 3.8) is 0 Å². The van der Waals surface area contributed by atoms with Crippen molar-refractivity contribution < 1.29 is 46.1 Å². The number of alkyl halides is 6. The number of carbonyl (C=O) groups is 2. The molecule has 2 aromatic rings. The molecule has 2 N–H and O–H groups in total. The normalized spacial score (nSPS) is 25.1. The minimum absolute atomic E-state index is 0.282. The number of hydrogen-bond acceptors (Lipinski definition) is 4. The molecule has 3 aliphatic rings. The zero-order valence-electron chi connectivity index (χ0n) is 24.0. The lowest BCUT2D eigenvalue weighted by Gasteiger charge is -2.42. The van der Waals surface area contributed by atoms with Gasteiger partial charge in [-0.2, -0.15) is 26.3 Å². The van der Waals surface area contributed by atoms with Crippen LogP contribution in [0.4, 0.5) is 26.3 Å². The maximum Gasteiger partial charge on any atom is 0.416 e. The predicted octanol–water partition coefficient (Wildman–Crippen LogP) is 7.52. The van der Waals surface area contributed by atoms with Gasteiger partial charge in [-0.3, -0.25) is 9.59 Å². The summed E-state index contributed by atoms with van der Waals surface area (Å²) in [6.45, 7) is 3.65. The quantitative estimate of drug-likeness (QED) is 0.327. The minimum Gasteiger partial charge on any atom is -0.503 e. The average molecular weight is 623 g/mol. The smallest absolute Gasteiger partial charge is 0.416 e. The summed E-state index contributed by atoms with van der Waals surface area (Å²) in [5.41, 5.74) is -0.445. The van der Waals surface area contributed by atoms with E-state index in [-0.39, 0.29) is 23.2 Å². The molecule has 2 aliphatic heterocycles. The van der Waals surface area contributed by atoms with Crippen LogP contribution in [0.25, 0.3) is 11.1 Å². The van der Waals surface area contributed by atoms with Crippen LogP contribution in [-0.2, 0) is 21.9 Å². The summed E-state index contributed by atoms with van der Waals surface area (Å²) in [6, 6.07) is 6.98. The van der Waals surface area contributed by atoms with Crippen molar-refractivity contribution in [2.75, 3.05) is 0 Å². The molecule has 44 heavy (non-hydrogen) atoms. The summed E-state index contributed by atoms with van der Waals surface area (Å²) >= 11 is 0. The molecule has 0 spiro atoms. The molecule has 5 rings (SSSR count). The number of carbonyl (C=O) groups excluding carboxylic acids is 2. The van der Waals surface area contributed by atoms with Crippen molar-refractivity contribution in [1.82, 2.24) is 9.80 Å². The van der Waals surface area contributed by atoms with Gasteiger partial charge in [0.2, 0.25) is 0 Å². The van der Waals surface area contributed by atoms with Gasteiger partial charge >= 0.3 is 12.4 Å². The summed E-state index contributed by atoms with van der Waals surface area (Å²) in [4.78, 5) is 29.7. The van der Waals surface area contributed by atoms with Crippen molar-refractivity contribution in [2.45, 2.75) is 88.9 Å². The van der Waals surface area contributed by atoms with Crippen molar-refractivity contribution in [2.24, 2.45) is 0 Å². The van der Waals surface area contributed by atoms with Gasteiger partial charge in [-0.1, -0.05) is 38.1 Å². The summed E-state index contributed by atoms with van der Waals surface area (Å²) in [5, 5.41) is 21.6. The molecule has 2 unspecified atom stereocenters. The largest absolute Gasteiger partial charge is 0.503 e. The van der Waals surface area contributed by atoms with E-state index in [4.69, 9.17) is 0 Å². The zero-order chi connectivity index (χ0) is 32.1. The third-order valence-corrected chi connectivity index (χ3v) is 9.00. The molecule has 0 bridgehead atoms. The van der Waals surface area contributed by atoms with Crippen LogP contribution in [0.5, 0.6) is 0 Å². The fourth-order valence-electron chi connectivity index (χ4n) is 6.94. The van der Waals surface area contributed by atoms with Gasteiger partial charge in [0.05, 0.1) is 23.2 Å². The number of aliphatic hydroxyl groups excluding tert-OH is 2. The van der Waals surface area contributed by atoms with Gasteiger partial charge in [0, 0.05) is 23.2 Å². The van der Waals surface area contributed by atoms with Crippen molar-refractivity contribution in [1.29, 1.82) is 0 Å². The number of amides is 2. The lowest BCUT2D eigenvalue weighted by atomic mass is 9.86. The Kier molecular flexibility index (Phi) is 8.24. The Hall–Kier alpha value is -3.96. The van der Waals surface area contributed by atoms with E-state index in [0.29, 0.717) is 49.7 Å². The second-order valence-electron chi connectivity index (χ2n) is 11.4. The van der Waals surface area contributed by atoms with Crippen LogP contribution in [0.15, 0.2) is 60.0 Å². The molecule has 1 saturated carbocycles. The molecule has 0 saturated heterocycles. The molecule has 12 heteroatoms. The number of aliphatic hydroxyl groups is 2. The van der Waals surface area contributed by atoms with E-state index in [0.717, 1.165) is 24.3 Å². The third kappa shape index (κ3) is 5.43. The van der Waals surface area contributed by atoms with Crippen LogP contribution in [0.2, 0.25) is 0 Å². The molecule has 2 atom stereocenters. The van der Waals surface area contributed by atoms with E-state index in [1.165, 1.54) is 24.3 Å². The van der Waals surface area contributed by atoms with Gasteiger partial charge in [0.1, 0.15) is 0 Å². The minimum atomic E-state index is -4.52. The van der Waals surface area contributed by atoms with E-state index >= 15 is 0 Å². The van der Waals surface area contributed by atoms with Crippen molar-refractivity contribution >= 4 is 23.0 Å². The third-order valence-electron chi connectivity index (χ3n) is 9.00. The highest BCUT2D eigenvalue weighted by Gasteiger charge is 2.47. The van der Waals surface area contributed by atoms with Crippen LogP contribution in [0, 0.1) is 0 Å². The topological polar surface area (TPSA) is 81.1 Å². The molecular formula is C32H32F6N2O4. The first-order chi connectivity index (χ1) is 20.7. The van der Waals surface area contributed by atoms with Gasteiger partial charge in [-0.05, 0) is 73.9 Å². The van der Waals surface area contributed by atoms with Crippen LogP contribution in [-0.4, -0.2) is 56.0 Å². The van der Waals surface area contributed by atoms with E-state index < -0.39 is 58.9 Å². The van der Waals surface area contributed by atoms with E-state index in [1.54, 1.807) is 9.80 Å². The number of nitrogens with zero attached hydrogens (tertiary/aromatic N) is 2. The Morgan fingerprint density at radius 2 is 0.909 bits per heavy atom. The van der Waals surface area contributed by atoms with Gasteiger partial charge in [0.25, 0.3) is 11.8 Å². The summed E-state index contributed by atoms with van der Waals surface area (Å²) in [7, 11) is 0. The Morgan fingerprint density at radius 1 is 0.614 bits per heavy atom. The molecule has 1 aliphatic carbocycles. The molecule has 2 amide bonds. The molecule has 1 fully saturated rings. The second kappa shape index (κ2) is 11.5. The Labute approximate surface area is 250 Å².